The van der Waals surface area contributed by atoms with Crippen LogP contribution in [0.5, 0.6) is 0 Å². The molecule has 0 saturated carbocycles. The lowest BCUT2D eigenvalue weighted by molar-refractivity contribution is -0.118. The first-order chi connectivity index (χ1) is 6.65. The molecular weight excluding hydrogens is 184 g/mol. The molecule has 1 heterocycles. The Balaban J connectivity index is 2.66. The van der Waals surface area contributed by atoms with Gasteiger partial charge in [-0.25, -0.2) is 4.99 Å². The van der Waals surface area contributed by atoms with Crippen LogP contribution in [0.25, 0.3) is 0 Å². The molecule has 0 saturated heterocycles. The van der Waals surface area contributed by atoms with Gasteiger partial charge in [0.15, 0.2) is 12.0 Å². The predicted octanol–water partition coefficient (Wildman–Crippen LogP) is -1.76. The van der Waals surface area contributed by atoms with E-state index >= 15 is 0 Å². The van der Waals surface area contributed by atoms with Gasteiger partial charge in [0.1, 0.15) is 0 Å². The van der Waals surface area contributed by atoms with Crippen molar-refractivity contribution in [3.05, 3.63) is 12.3 Å². The van der Waals surface area contributed by atoms with E-state index in [4.69, 9.17) is 10.8 Å². The Labute approximate surface area is 82.1 Å². The van der Waals surface area contributed by atoms with E-state index in [0.717, 1.165) is 0 Å². The molecule has 6 heteroatoms. The second-order valence-corrected chi connectivity index (χ2v) is 2.95. The van der Waals surface area contributed by atoms with Crippen molar-refractivity contribution in [3.63, 3.8) is 0 Å². The van der Waals surface area contributed by atoms with Crippen molar-refractivity contribution in [3.8, 4) is 0 Å². The highest BCUT2D eigenvalue weighted by Crippen LogP contribution is 2.00. The lowest BCUT2D eigenvalue weighted by atomic mass is 10.2. The van der Waals surface area contributed by atoms with Gasteiger partial charge in [-0.05, 0) is 6.08 Å². The zero-order valence-electron chi connectivity index (χ0n) is 7.97. The van der Waals surface area contributed by atoms with Gasteiger partial charge in [-0.2, -0.15) is 0 Å². The average molecular weight is 198 g/mol. The number of nitrogens with zero attached hydrogens (tertiary/aromatic N) is 2. The Hall–Kier alpha value is -1.56. The van der Waals surface area contributed by atoms with Gasteiger partial charge in [-0.1, -0.05) is 0 Å². The van der Waals surface area contributed by atoms with Crippen molar-refractivity contribution in [1.29, 1.82) is 0 Å². The van der Waals surface area contributed by atoms with Crippen LogP contribution in [-0.2, 0) is 4.79 Å². The second kappa shape index (κ2) is 4.61. The number of aliphatic hydroxyl groups is 1. The van der Waals surface area contributed by atoms with E-state index in [0.29, 0.717) is 12.5 Å². The summed E-state index contributed by atoms with van der Waals surface area (Å²) in [6.45, 7) is 0.479. The zero-order chi connectivity index (χ0) is 10.6. The summed E-state index contributed by atoms with van der Waals surface area (Å²) in [6.07, 6.45) is 3.20. The minimum atomic E-state index is -0.618. The molecule has 1 aliphatic rings. The summed E-state index contributed by atoms with van der Waals surface area (Å²) in [5.74, 6) is 0.0444. The molecule has 1 rings (SSSR count). The molecule has 1 aliphatic heterocycles. The predicted molar refractivity (Wildman–Crippen MR) is 52.4 cm³/mol. The van der Waals surface area contributed by atoms with Crippen molar-refractivity contribution >= 4 is 11.9 Å². The number of guanidine groups is 1. The normalized spacial score (nSPS) is 19.9. The van der Waals surface area contributed by atoms with Gasteiger partial charge in [0.2, 0.25) is 5.91 Å². The van der Waals surface area contributed by atoms with Crippen LogP contribution in [0.2, 0.25) is 0 Å². The van der Waals surface area contributed by atoms with Gasteiger partial charge < -0.3 is 21.1 Å². The fourth-order valence-corrected chi connectivity index (χ4v) is 1.05. The summed E-state index contributed by atoms with van der Waals surface area (Å²) in [5.41, 5.74) is 5.11. The summed E-state index contributed by atoms with van der Waals surface area (Å²) < 4.78 is 0. The third-order valence-corrected chi connectivity index (χ3v) is 1.84. The number of aliphatic hydroxyl groups excluding tert-OH is 1. The number of likely N-dealkylation sites (N-methyl/N-ethyl adjacent to an activating group) is 1. The zero-order valence-corrected chi connectivity index (χ0v) is 7.97. The standard InChI is InChI=1S/C8H14N4O2/c1-12(4-5-13)8-10-3-2-6(11-8)7(9)14/h2-3,6,13H,4-5H2,1H3,(H2,9,14)(H,10,11)/t6-/m0/s1. The first-order valence-corrected chi connectivity index (χ1v) is 4.27. The van der Waals surface area contributed by atoms with Crippen LogP contribution in [0.4, 0.5) is 0 Å². The molecule has 0 spiro atoms. The largest absolute Gasteiger partial charge is 0.395 e. The molecule has 0 aromatic rings. The van der Waals surface area contributed by atoms with Crippen LogP contribution >= 0.6 is 0 Å². The van der Waals surface area contributed by atoms with Gasteiger partial charge >= 0.3 is 0 Å². The molecule has 1 amide bonds. The molecule has 0 unspecified atom stereocenters. The van der Waals surface area contributed by atoms with Crippen molar-refractivity contribution in [1.82, 2.24) is 10.2 Å². The van der Waals surface area contributed by atoms with E-state index in [1.54, 1.807) is 24.2 Å². The first kappa shape index (κ1) is 10.5. The monoisotopic (exact) mass is 198 g/mol. The molecule has 0 radical (unpaired) electrons. The topological polar surface area (TPSA) is 90.9 Å². The number of hydrogen-bond acceptors (Lipinski definition) is 5. The summed E-state index contributed by atoms with van der Waals surface area (Å²) >= 11 is 0. The van der Waals surface area contributed by atoms with E-state index < -0.39 is 11.9 Å². The summed E-state index contributed by atoms with van der Waals surface area (Å²) in [5, 5.41) is 11.6. The maximum Gasteiger partial charge on any atom is 0.246 e. The second-order valence-electron chi connectivity index (χ2n) is 2.95. The summed E-state index contributed by atoms with van der Waals surface area (Å²) in [7, 11) is 1.76. The van der Waals surface area contributed by atoms with Crippen LogP contribution in [0.15, 0.2) is 17.3 Å². The molecule has 78 valence electrons. The lowest BCUT2D eigenvalue weighted by Gasteiger charge is -2.23. The Morgan fingerprint density at radius 1 is 1.86 bits per heavy atom. The third-order valence-electron chi connectivity index (χ3n) is 1.84. The van der Waals surface area contributed by atoms with Crippen molar-refractivity contribution < 1.29 is 9.90 Å². The molecule has 0 aromatic heterocycles. The Morgan fingerprint density at radius 2 is 2.57 bits per heavy atom. The lowest BCUT2D eigenvalue weighted by Crippen LogP contribution is -2.42. The maximum absolute atomic E-state index is 10.8. The van der Waals surface area contributed by atoms with Gasteiger partial charge in [0.25, 0.3) is 0 Å². The van der Waals surface area contributed by atoms with Crippen LogP contribution in [0.1, 0.15) is 0 Å². The van der Waals surface area contributed by atoms with Crippen LogP contribution in [-0.4, -0.2) is 48.1 Å². The summed E-state index contributed by atoms with van der Waals surface area (Å²) in [6, 6.07) is -0.618. The Morgan fingerprint density at radius 3 is 3.14 bits per heavy atom. The number of rotatable bonds is 3. The van der Waals surface area contributed by atoms with Crippen molar-refractivity contribution in [2.75, 3.05) is 20.2 Å². The number of aliphatic imine (C=N–C) groups is 1. The number of primary amides is 1. The molecule has 1 atom stereocenters. The summed E-state index contributed by atoms with van der Waals surface area (Å²) in [4.78, 5) is 16.6. The van der Waals surface area contributed by atoms with E-state index in [9.17, 15) is 4.79 Å². The van der Waals surface area contributed by atoms with E-state index in [1.807, 2.05) is 0 Å². The highest BCUT2D eigenvalue weighted by molar-refractivity contribution is 5.89. The SMILES string of the molecule is CN(CCO)C1=N[C@H](C(N)=O)C=CN1. The fourth-order valence-electron chi connectivity index (χ4n) is 1.05. The number of carbonyl (C=O) groups excluding carboxylic acids is 1. The Bertz CT molecular complexity index is 275. The number of hydrogen-bond donors (Lipinski definition) is 3. The van der Waals surface area contributed by atoms with Gasteiger partial charge in [-0.15, -0.1) is 0 Å². The average Bonchev–Trinajstić information content (AvgIpc) is 2.18. The van der Waals surface area contributed by atoms with Crippen LogP contribution in [0, 0.1) is 0 Å². The first-order valence-electron chi connectivity index (χ1n) is 4.27. The molecule has 0 aliphatic carbocycles. The minimum Gasteiger partial charge on any atom is -0.395 e. The van der Waals surface area contributed by atoms with Crippen LogP contribution < -0.4 is 11.1 Å². The third kappa shape index (κ3) is 2.46. The number of carbonyl (C=O) groups is 1. The highest BCUT2D eigenvalue weighted by Gasteiger charge is 2.16. The quantitative estimate of drug-likeness (QED) is 0.501. The van der Waals surface area contributed by atoms with Gasteiger partial charge in [0, 0.05) is 19.8 Å². The number of amides is 1. The highest BCUT2D eigenvalue weighted by atomic mass is 16.3. The number of nitrogens with one attached hydrogen (secondary N) is 1. The molecule has 14 heavy (non-hydrogen) atoms. The molecule has 0 aromatic carbocycles. The molecule has 0 fully saturated rings. The molecular formula is C8H14N4O2. The minimum absolute atomic E-state index is 0.0299. The van der Waals surface area contributed by atoms with Gasteiger partial charge in [-0.3, -0.25) is 4.79 Å². The fraction of sp³-hybridized carbons (Fsp3) is 0.500. The Kier molecular flexibility index (Phi) is 3.47. The molecule has 6 nitrogen and oxygen atoms in total. The van der Waals surface area contributed by atoms with E-state index in [1.165, 1.54) is 0 Å². The smallest absolute Gasteiger partial charge is 0.246 e. The van der Waals surface area contributed by atoms with Crippen molar-refractivity contribution in [2.24, 2.45) is 10.7 Å². The van der Waals surface area contributed by atoms with E-state index in [-0.39, 0.29) is 6.61 Å². The van der Waals surface area contributed by atoms with E-state index in [2.05, 4.69) is 10.3 Å². The van der Waals surface area contributed by atoms with Crippen LogP contribution in [0.3, 0.4) is 0 Å². The maximum atomic E-state index is 10.8. The van der Waals surface area contributed by atoms with Crippen molar-refractivity contribution in [2.45, 2.75) is 6.04 Å². The molecule has 0 bridgehead atoms. The molecule has 4 N–H and O–H groups in total. The number of nitrogens with two attached hydrogens (primary N) is 1. The van der Waals surface area contributed by atoms with Gasteiger partial charge in [0.05, 0.1) is 6.61 Å².